The van der Waals surface area contributed by atoms with Gasteiger partial charge in [0, 0.05) is 19.6 Å². The molecule has 0 spiro atoms. The summed E-state index contributed by atoms with van der Waals surface area (Å²) in [6.07, 6.45) is 0. The van der Waals surface area contributed by atoms with Gasteiger partial charge in [0.1, 0.15) is 11.5 Å². The molecule has 0 unspecified atom stereocenters. The molecular formula is C6H12NO2S. The Kier molecular flexibility index (Phi) is 3.48. The number of hydrogen-bond acceptors (Lipinski definition) is 2. The molecule has 0 atom stereocenters. The number of nitrogens with zero attached hydrogens (tertiary/aromatic N) is 1. The van der Waals surface area contributed by atoms with Crippen molar-refractivity contribution in [3.8, 4) is 0 Å². The van der Waals surface area contributed by atoms with Crippen molar-refractivity contribution in [2.24, 2.45) is 0 Å². The van der Waals surface area contributed by atoms with Crippen LogP contribution in [0.15, 0.2) is 0 Å². The summed E-state index contributed by atoms with van der Waals surface area (Å²) in [4.78, 5) is 2.08. The Morgan fingerprint density at radius 2 is 2.00 bits per heavy atom. The minimum absolute atomic E-state index is 0.0351. The molecule has 10 heavy (non-hydrogen) atoms. The second-order valence-corrected chi connectivity index (χ2v) is 4.09. The average molecular weight is 162 g/mol. The van der Waals surface area contributed by atoms with Gasteiger partial charge in [-0.15, -0.1) is 0 Å². The van der Waals surface area contributed by atoms with Gasteiger partial charge in [0.2, 0.25) is 0 Å². The minimum atomic E-state index is -0.608. The summed E-state index contributed by atoms with van der Waals surface area (Å²) < 4.78 is 10.8. The Morgan fingerprint density at radius 3 is 2.50 bits per heavy atom. The molecule has 1 saturated heterocycles. The van der Waals surface area contributed by atoms with Crippen LogP contribution < -0.4 is 0 Å². The first kappa shape index (κ1) is 8.33. The van der Waals surface area contributed by atoms with Crippen LogP contribution in [0.5, 0.6) is 0 Å². The van der Waals surface area contributed by atoms with Crippen LogP contribution in [0.1, 0.15) is 0 Å². The molecule has 0 bridgehead atoms. The van der Waals surface area contributed by atoms with Crippen molar-refractivity contribution in [1.29, 1.82) is 0 Å². The zero-order chi connectivity index (χ0) is 7.40. The van der Waals surface area contributed by atoms with E-state index in [1.54, 1.807) is 0 Å². The predicted octanol–water partition coefficient (Wildman–Crippen LogP) is -0.519. The second-order valence-electron chi connectivity index (χ2n) is 2.39. The fourth-order valence-corrected chi connectivity index (χ4v) is 2.16. The highest BCUT2D eigenvalue weighted by molar-refractivity contribution is 7.91. The molecule has 4 heteroatoms. The third-order valence-corrected chi connectivity index (χ3v) is 2.95. The Bertz CT molecular complexity index is 93.7. The molecule has 1 radical (unpaired) electrons. The third kappa shape index (κ3) is 2.46. The molecule has 1 fully saturated rings. The Labute approximate surface area is 64.2 Å². The monoisotopic (exact) mass is 162 g/mol. The van der Waals surface area contributed by atoms with E-state index in [9.17, 15) is 9.66 Å². The first-order valence-corrected chi connectivity index (χ1v) is 4.97. The van der Waals surface area contributed by atoms with Crippen LogP contribution >= 0.6 is 0 Å². The SMILES string of the molecule is [O]CCN1CC[S+]([O-])CC1. The van der Waals surface area contributed by atoms with Crippen LogP contribution in [0, 0.1) is 0 Å². The first-order valence-electron chi connectivity index (χ1n) is 3.48. The van der Waals surface area contributed by atoms with Crippen molar-refractivity contribution in [3.63, 3.8) is 0 Å². The van der Waals surface area contributed by atoms with Crippen molar-refractivity contribution in [1.82, 2.24) is 4.90 Å². The van der Waals surface area contributed by atoms with Crippen LogP contribution in [-0.4, -0.2) is 47.2 Å². The summed E-state index contributed by atoms with van der Waals surface area (Å²) in [6.45, 7) is 2.27. The lowest BCUT2D eigenvalue weighted by atomic mass is 10.5. The van der Waals surface area contributed by atoms with Crippen molar-refractivity contribution in [3.05, 3.63) is 0 Å². The Hall–Kier alpha value is 0.230. The zero-order valence-corrected chi connectivity index (χ0v) is 6.73. The molecule has 0 saturated carbocycles. The maximum Gasteiger partial charge on any atom is 0.118 e. The normalized spacial score (nSPS) is 23.4. The van der Waals surface area contributed by atoms with Crippen molar-refractivity contribution >= 4 is 11.2 Å². The van der Waals surface area contributed by atoms with Crippen LogP contribution in [-0.2, 0) is 16.3 Å². The van der Waals surface area contributed by atoms with Crippen LogP contribution in [0.4, 0.5) is 0 Å². The van der Waals surface area contributed by atoms with Crippen LogP contribution in [0.3, 0.4) is 0 Å². The Balaban J connectivity index is 2.13. The highest BCUT2D eigenvalue weighted by Gasteiger charge is 2.18. The van der Waals surface area contributed by atoms with E-state index in [0.717, 1.165) is 24.6 Å². The standard InChI is InChI=1S/C6H12NO2S/c8-4-1-7-2-5-10(9)6-3-7/h1-6H2. The molecule has 0 aromatic heterocycles. The van der Waals surface area contributed by atoms with E-state index >= 15 is 0 Å². The molecule has 3 nitrogen and oxygen atoms in total. The first-order chi connectivity index (χ1) is 4.83. The van der Waals surface area contributed by atoms with Gasteiger partial charge >= 0.3 is 0 Å². The fraction of sp³-hybridized carbons (Fsp3) is 1.00. The highest BCUT2D eigenvalue weighted by Crippen LogP contribution is 2.02. The van der Waals surface area contributed by atoms with E-state index < -0.39 is 11.2 Å². The van der Waals surface area contributed by atoms with Crippen molar-refractivity contribution in [2.45, 2.75) is 0 Å². The number of rotatable bonds is 2. The molecule has 1 heterocycles. The molecule has 0 aromatic rings. The molecule has 0 N–H and O–H groups in total. The summed E-state index contributed by atoms with van der Waals surface area (Å²) in [5.41, 5.74) is 0. The summed E-state index contributed by atoms with van der Waals surface area (Å²) >= 11 is -0.608. The van der Waals surface area contributed by atoms with Gasteiger partial charge in [-0.2, -0.15) is 0 Å². The van der Waals surface area contributed by atoms with Gasteiger partial charge in [0.15, 0.2) is 0 Å². The van der Waals surface area contributed by atoms with E-state index in [-0.39, 0.29) is 6.61 Å². The third-order valence-electron chi connectivity index (χ3n) is 1.68. The molecule has 1 aliphatic rings. The van der Waals surface area contributed by atoms with Gasteiger partial charge in [-0.05, 0) is 0 Å². The molecule has 0 amide bonds. The van der Waals surface area contributed by atoms with Gasteiger partial charge in [0.25, 0.3) is 0 Å². The molecule has 1 rings (SSSR count). The van der Waals surface area contributed by atoms with Gasteiger partial charge in [-0.3, -0.25) is 4.90 Å². The maximum absolute atomic E-state index is 10.8. The van der Waals surface area contributed by atoms with Crippen LogP contribution in [0.2, 0.25) is 0 Å². The number of hydrogen-bond donors (Lipinski definition) is 0. The van der Waals surface area contributed by atoms with E-state index in [1.807, 2.05) is 0 Å². The quantitative estimate of drug-likeness (QED) is 0.513. The van der Waals surface area contributed by atoms with Crippen molar-refractivity contribution < 1.29 is 9.66 Å². The van der Waals surface area contributed by atoms with Gasteiger partial charge in [0.05, 0.1) is 6.61 Å². The summed E-state index contributed by atoms with van der Waals surface area (Å²) in [5, 5.41) is 10.2. The average Bonchev–Trinajstić information content (AvgIpc) is 1.95. The summed E-state index contributed by atoms with van der Waals surface area (Å²) in [6, 6.07) is 0. The minimum Gasteiger partial charge on any atom is -0.616 e. The largest absolute Gasteiger partial charge is 0.616 e. The summed E-state index contributed by atoms with van der Waals surface area (Å²) in [7, 11) is 0. The van der Waals surface area contributed by atoms with E-state index in [0.29, 0.717) is 6.54 Å². The molecule has 1 aliphatic heterocycles. The van der Waals surface area contributed by atoms with Crippen LogP contribution in [0.25, 0.3) is 0 Å². The lowest BCUT2D eigenvalue weighted by Gasteiger charge is -2.26. The van der Waals surface area contributed by atoms with E-state index in [4.69, 9.17) is 0 Å². The predicted molar refractivity (Wildman–Crippen MR) is 39.9 cm³/mol. The highest BCUT2D eigenvalue weighted by atomic mass is 32.2. The second kappa shape index (κ2) is 4.18. The molecule has 0 aliphatic carbocycles. The van der Waals surface area contributed by atoms with Crippen molar-refractivity contribution in [2.75, 3.05) is 37.7 Å². The Morgan fingerprint density at radius 1 is 1.40 bits per heavy atom. The smallest absolute Gasteiger partial charge is 0.118 e. The van der Waals surface area contributed by atoms with Gasteiger partial charge in [-0.1, -0.05) is 11.2 Å². The lowest BCUT2D eigenvalue weighted by molar-refractivity contribution is 0.145. The zero-order valence-electron chi connectivity index (χ0n) is 5.91. The molecule has 0 aromatic carbocycles. The van der Waals surface area contributed by atoms with Gasteiger partial charge < -0.3 is 4.55 Å². The fourth-order valence-electron chi connectivity index (χ4n) is 1.03. The van der Waals surface area contributed by atoms with E-state index in [2.05, 4.69) is 4.90 Å². The lowest BCUT2D eigenvalue weighted by Crippen LogP contribution is -2.41. The van der Waals surface area contributed by atoms with E-state index in [1.165, 1.54) is 0 Å². The topological polar surface area (TPSA) is 46.2 Å². The molecular weight excluding hydrogens is 150 g/mol. The van der Waals surface area contributed by atoms with Gasteiger partial charge in [-0.25, -0.2) is 5.11 Å². The summed E-state index contributed by atoms with van der Waals surface area (Å²) in [5.74, 6) is 1.50. The molecule has 59 valence electrons. The maximum atomic E-state index is 10.8.